The summed E-state index contributed by atoms with van der Waals surface area (Å²) in [6, 6.07) is 17.2. The lowest BCUT2D eigenvalue weighted by molar-refractivity contribution is -0.114. The topological polar surface area (TPSA) is 72.2 Å². The van der Waals surface area contributed by atoms with Gasteiger partial charge < -0.3 is 5.32 Å². The van der Waals surface area contributed by atoms with Crippen LogP contribution in [-0.2, 0) is 4.79 Å². The van der Waals surface area contributed by atoms with E-state index in [-0.39, 0.29) is 12.5 Å². The lowest BCUT2D eigenvalue weighted by Gasteiger charge is -2.06. The molecule has 0 bridgehead atoms. The Morgan fingerprint density at radius 2 is 1.91 bits per heavy atom. The van der Waals surface area contributed by atoms with Crippen LogP contribution in [0.1, 0.15) is 5.56 Å². The highest BCUT2D eigenvalue weighted by Crippen LogP contribution is 2.12. The van der Waals surface area contributed by atoms with Gasteiger partial charge >= 0.3 is 0 Å². The minimum absolute atomic E-state index is 0.0189. The number of hydrogen-bond acceptors (Lipinski definition) is 5. The lowest BCUT2D eigenvalue weighted by Crippen LogP contribution is -2.20. The molecule has 116 valence electrons. The van der Waals surface area contributed by atoms with Crippen LogP contribution in [0.3, 0.4) is 0 Å². The summed E-state index contributed by atoms with van der Waals surface area (Å²) in [5, 5.41) is 6.88. The molecule has 23 heavy (non-hydrogen) atoms. The predicted molar refractivity (Wildman–Crippen MR) is 89.5 cm³/mol. The highest BCUT2D eigenvalue weighted by Gasteiger charge is 2.05. The Balaban J connectivity index is 1.75. The zero-order chi connectivity index (χ0) is 16.1. The van der Waals surface area contributed by atoms with E-state index in [9.17, 15) is 4.79 Å². The average Bonchev–Trinajstić information content (AvgIpc) is 3.04. The quantitative estimate of drug-likeness (QED) is 0.799. The molecule has 0 spiro atoms. The van der Waals surface area contributed by atoms with Crippen LogP contribution in [-0.4, -0.2) is 26.8 Å². The Morgan fingerprint density at radius 3 is 2.70 bits per heavy atom. The maximum absolute atomic E-state index is 12.1. The summed E-state index contributed by atoms with van der Waals surface area (Å²) in [6.07, 6.45) is 0. The van der Waals surface area contributed by atoms with Crippen molar-refractivity contribution in [2.75, 3.05) is 11.9 Å². The molecule has 0 unspecified atom stereocenters. The summed E-state index contributed by atoms with van der Waals surface area (Å²) in [6.45, 7) is 1.97. The molecule has 6 nitrogen and oxygen atoms in total. The van der Waals surface area contributed by atoms with Gasteiger partial charge in [0.05, 0.1) is 5.69 Å². The van der Waals surface area contributed by atoms with E-state index in [1.807, 2.05) is 61.5 Å². The fraction of sp³-hybridized carbons (Fsp3) is 0.125. The fourth-order valence-corrected chi connectivity index (χ4v) is 2.56. The van der Waals surface area contributed by atoms with Crippen molar-refractivity contribution in [3.05, 3.63) is 65.0 Å². The third-order valence-corrected chi connectivity index (χ3v) is 3.83. The maximum atomic E-state index is 12.1. The van der Waals surface area contributed by atoms with Gasteiger partial charge in [-0.3, -0.25) is 4.79 Å². The molecular weight excluding hydrogens is 310 g/mol. The van der Waals surface area contributed by atoms with Gasteiger partial charge in [0.1, 0.15) is 6.54 Å². The Bertz CT molecular complexity index is 869. The Hall–Kier alpha value is -2.80. The van der Waals surface area contributed by atoms with E-state index in [1.165, 1.54) is 0 Å². The van der Waals surface area contributed by atoms with E-state index in [0.717, 1.165) is 28.5 Å². The zero-order valence-electron chi connectivity index (χ0n) is 12.5. The van der Waals surface area contributed by atoms with Crippen molar-refractivity contribution in [3.63, 3.8) is 0 Å². The van der Waals surface area contributed by atoms with E-state index in [4.69, 9.17) is 0 Å². The Morgan fingerprint density at radius 1 is 1.17 bits per heavy atom. The van der Waals surface area contributed by atoms with Crippen LogP contribution in [0, 0.1) is 6.92 Å². The molecule has 1 N–H and O–H groups in total. The molecule has 0 aliphatic rings. The number of aromatic nitrogens is 3. The van der Waals surface area contributed by atoms with Gasteiger partial charge in [-0.1, -0.05) is 40.9 Å². The molecular formula is C16H15N5OS. The molecule has 0 fully saturated rings. The SMILES string of the molecule is Cc1ccccc1NC(=O)CN=c1snnn1-c1ccccc1. The van der Waals surface area contributed by atoms with Crippen LogP contribution >= 0.6 is 11.5 Å². The van der Waals surface area contributed by atoms with E-state index in [2.05, 4.69) is 20.0 Å². The standard InChI is InChI=1S/C16H15N5OS/c1-12-7-5-6-10-14(12)18-15(22)11-17-16-21(19-20-23-16)13-8-3-2-4-9-13/h2-10H,11H2,1H3,(H,18,22). The van der Waals surface area contributed by atoms with Gasteiger partial charge in [-0.05, 0) is 35.9 Å². The molecule has 1 heterocycles. The Kier molecular flexibility index (Phi) is 4.58. The van der Waals surface area contributed by atoms with Gasteiger partial charge in [0.15, 0.2) is 0 Å². The van der Waals surface area contributed by atoms with Gasteiger partial charge in [-0.2, -0.15) is 4.68 Å². The molecule has 3 aromatic rings. The molecule has 2 aromatic carbocycles. The summed E-state index contributed by atoms with van der Waals surface area (Å²) in [7, 11) is 0. The minimum Gasteiger partial charge on any atom is -0.324 e. The summed E-state index contributed by atoms with van der Waals surface area (Å²) < 4.78 is 5.52. The third kappa shape index (κ3) is 3.70. The molecule has 0 radical (unpaired) electrons. The first-order valence-corrected chi connectivity index (χ1v) is 7.84. The lowest BCUT2D eigenvalue weighted by atomic mass is 10.2. The minimum atomic E-state index is -0.174. The van der Waals surface area contributed by atoms with Crippen LogP contribution in [0.5, 0.6) is 0 Å². The number of benzene rings is 2. The zero-order valence-corrected chi connectivity index (χ0v) is 13.3. The molecule has 1 aromatic heterocycles. The van der Waals surface area contributed by atoms with Crippen molar-refractivity contribution in [3.8, 4) is 5.69 Å². The second kappa shape index (κ2) is 6.97. The largest absolute Gasteiger partial charge is 0.324 e. The number of rotatable bonds is 4. The predicted octanol–water partition coefficient (Wildman–Crippen LogP) is 2.18. The molecule has 3 rings (SSSR count). The number of nitrogens with one attached hydrogen (secondary N) is 1. The molecule has 0 aliphatic carbocycles. The van der Waals surface area contributed by atoms with E-state index < -0.39 is 0 Å². The van der Waals surface area contributed by atoms with Crippen LogP contribution in [0.15, 0.2) is 59.6 Å². The first kappa shape index (κ1) is 15.1. The van der Waals surface area contributed by atoms with Crippen LogP contribution < -0.4 is 10.1 Å². The molecule has 0 saturated carbocycles. The van der Waals surface area contributed by atoms with E-state index in [1.54, 1.807) is 4.68 Å². The summed E-state index contributed by atoms with van der Waals surface area (Å²) >= 11 is 1.15. The van der Waals surface area contributed by atoms with Crippen molar-refractivity contribution < 1.29 is 4.79 Å². The fourth-order valence-electron chi connectivity index (χ4n) is 2.04. The summed E-state index contributed by atoms with van der Waals surface area (Å²) in [5.41, 5.74) is 2.67. The number of hydrogen-bond donors (Lipinski definition) is 1. The van der Waals surface area contributed by atoms with Gasteiger partial charge in [0.25, 0.3) is 0 Å². The Labute approximate surface area is 137 Å². The van der Waals surface area contributed by atoms with Crippen molar-refractivity contribution >= 4 is 23.1 Å². The van der Waals surface area contributed by atoms with Crippen molar-refractivity contribution in [1.82, 2.24) is 14.4 Å². The van der Waals surface area contributed by atoms with Gasteiger partial charge in [-0.15, -0.1) is 0 Å². The smallest absolute Gasteiger partial charge is 0.246 e. The molecule has 0 saturated heterocycles. The first-order chi connectivity index (χ1) is 11.2. The first-order valence-electron chi connectivity index (χ1n) is 7.07. The number of carbonyl (C=O) groups excluding carboxylic acids is 1. The second-order valence-electron chi connectivity index (χ2n) is 4.87. The number of carbonyl (C=O) groups is 1. The van der Waals surface area contributed by atoms with E-state index in [0.29, 0.717) is 4.80 Å². The van der Waals surface area contributed by atoms with Crippen molar-refractivity contribution in [1.29, 1.82) is 0 Å². The molecule has 0 atom stereocenters. The molecule has 1 amide bonds. The second-order valence-corrected chi connectivity index (χ2v) is 5.58. The van der Waals surface area contributed by atoms with Crippen molar-refractivity contribution in [2.24, 2.45) is 4.99 Å². The number of para-hydroxylation sites is 2. The molecule has 7 heteroatoms. The maximum Gasteiger partial charge on any atom is 0.246 e. The highest BCUT2D eigenvalue weighted by atomic mass is 32.1. The van der Waals surface area contributed by atoms with Gasteiger partial charge in [0, 0.05) is 17.2 Å². The van der Waals surface area contributed by atoms with Gasteiger partial charge in [-0.25, -0.2) is 4.99 Å². The average molecular weight is 325 g/mol. The summed E-state index contributed by atoms with van der Waals surface area (Å²) in [5.74, 6) is -0.174. The van der Waals surface area contributed by atoms with Crippen molar-refractivity contribution in [2.45, 2.75) is 6.92 Å². The summed E-state index contributed by atoms with van der Waals surface area (Å²) in [4.78, 5) is 16.9. The highest BCUT2D eigenvalue weighted by molar-refractivity contribution is 7.02. The number of nitrogens with zero attached hydrogens (tertiary/aromatic N) is 4. The van der Waals surface area contributed by atoms with Crippen LogP contribution in [0.4, 0.5) is 5.69 Å². The number of amides is 1. The normalized spacial score (nSPS) is 11.4. The third-order valence-electron chi connectivity index (χ3n) is 3.21. The number of aryl methyl sites for hydroxylation is 1. The monoisotopic (exact) mass is 325 g/mol. The van der Waals surface area contributed by atoms with Crippen LogP contribution in [0.25, 0.3) is 5.69 Å². The van der Waals surface area contributed by atoms with E-state index >= 15 is 0 Å². The molecule has 0 aliphatic heterocycles. The number of anilines is 1. The van der Waals surface area contributed by atoms with Gasteiger partial charge in [0.2, 0.25) is 10.7 Å². The van der Waals surface area contributed by atoms with Crippen LogP contribution in [0.2, 0.25) is 0 Å².